The summed E-state index contributed by atoms with van der Waals surface area (Å²) in [6.45, 7) is 3.04. The van der Waals surface area contributed by atoms with E-state index in [4.69, 9.17) is 14.0 Å². The number of nitrogens with zero attached hydrogens (tertiary/aromatic N) is 2. The van der Waals surface area contributed by atoms with Crippen LogP contribution in [0.1, 0.15) is 23.8 Å². The first-order chi connectivity index (χ1) is 13.3. The van der Waals surface area contributed by atoms with E-state index in [9.17, 15) is 18.0 Å². The average Bonchev–Trinajstić information content (AvgIpc) is 3.10. The molecular weight excluding hydrogens is 377 g/mol. The summed E-state index contributed by atoms with van der Waals surface area (Å²) in [5, 5.41) is 4.02. The molecule has 4 rings (SSSR count). The van der Waals surface area contributed by atoms with Gasteiger partial charge in [-0.15, -0.1) is 0 Å². The van der Waals surface area contributed by atoms with Crippen molar-refractivity contribution >= 4 is 5.91 Å². The highest BCUT2D eigenvalue weighted by Crippen LogP contribution is 2.34. The molecule has 0 spiro atoms. The highest BCUT2D eigenvalue weighted by molar-refractivity contribution is 5.92. The molecule has 28 heavy (non-hydrogen) atoms. The lowest BCUT2D eigenvalue weighted by atomic mass is 10.0. The number of carbonyl (C=O) groups is 1. The highest BCUT2D eigenvalue weighted by atomic mass is 19.4. The molecule has 2 aliphatic rings. The van der Waals surface area contributed by atoms with E-state index in [1.165, 1.54) is 12.1 Å². The predicted octanol–water partition coefficient (Wildman–Crippen LogP) is 3.52. The van der Waals surface area contributed by atoms with E-state index >= 15 is 0 Å². The van der Waals surface area contributed by atoms with Crippen LogP contribution < -0.4 is 0 Å². The van der Waals surface area contributed by atoms with Crippen LogP contribution in [-0.2, 0) is 33.4 Å². The molecule has 3 heterocycles. The van der Waals surface area contributed by atoms with Gasteiger partial charge in [0.05, 0.1) is 12.1 Å². The van der Waals surface area contributed by atoms with Crippen molar-refractivity contribution in [3.63, 3.8) is 0 Å². The van der Waals surface area contributed by atoms with Gasteiger partial charge in [-0.1, -0.05) is 17.3 Å². The number of ether oxygens (including phenoxy) is 2. The molecule has 6 nitrogen and oxygen atoms in total. The second kappa shape index (κ2) is 6.88. The summed E-state index contributed by atoms with van der Waals surface area (Å²) in [6, 6.07) is 4.71. The number of aromatic nitrogens is 1. The van der Waals surface area contributed by atoms with Gasteiger partial charge in [0.15, 0.2) is 0 Å². The summed E-state index contributed by atoms with van der Waals surface area (Å²) in [4.78, 5) is 14.4. The zero-order valence-corrected chi connectivity index (χ0v) is 15.0. The Labute approximate surface area is 158 Å². The van der Waals surface area contributed by atoms with Crippen molar-refractivity contribution in [3.05, 3.63) is 52.7 Å². The SMILES string of the molecule is CC1=C(C(=O)N2CCc3onc(-c4ccc(C(F)(F)F)cc4)c3C2)OCCO1. The van der Waals surface area contributed by atoms with Crippen molar-refractivity contribution in [3.8, 4) is 11.3 Å². The molecule has 0 saturated carbocycles. The third-order valence-electron chi connectivity index (χ3n) is 4.76. The number of amides is 1. The molecule has 1 aromatic heterocycles. The van der Waals surface area contributed by atoms with Crippen LogP contribution in [-0.4, -0.2) is 35.7 Å². The molecular formula is C19H17F3N2O4. The number of alkyl halides is 3. The Balaban J connectivity index is 1.59. The van der Waals surface area contributed by atoms with E-state index in [0.29, 0.717) is 54.5 Å². The maximum atomic E-state index is 12.8. The number of rotatable bonds is 2. The zero-order chi connectivity index (χ0) is 19.9. The van der Waals surface area contributed by atoms with Gasteiger partial charge in [0, 0.05) is 24.1 Å². The molecule has 1 aromatic carbocycles. The molecule has 0 bridgehead atoms. The van der Waals surface area contributed by atoms with Crippen molar-refractivity contribution in [2.75, 3.05) is 19.8 Å². The lowest BCUT2D eigenvalue weighted by Gasteiger charge is -2.29. The quantitative estimate of drug-likeness (QED) is 0.780. The molecule has 0 aliphatic carbocycles. The van der Waals surface area contributed by atoms with Crippen LogP contribution in [0.4, 0.5) is 13.2 Å². The fourth-order valence-electron chi connectivity index (χ4n) is 3.29. The number of carbonyl (C=O) groups excluding carboxylic acids is 1. The van der Waals surface area contributed by atoms with Gasteiger partial charge in [-0.25, -0.2) is 0 Å². The number of halogens is 3. The third kappa shape index (κ3) is 3.32. The van der Waals surface area contributed by atoms with Crippen molar-refractivity contribution in [1.82, 2.24) is 10.1 Å². The minimum atomic E-state index is -4.40. The number of hydrogen-bond donors (Lipinski definition) is 0. The summed E-state index contributed by atoms with van der Waals surface area (Å²) in [5.41, 5.74) is 0.893. The molecule has 0 saturated heterocycles. The van der Waals surface area contributed by atoms with E-state index < -0.39 is 11.7 Å². The summed E-state index contributed by atoms with van der Waals surface area (Å²) in [6.07, 6.45) is -3.94. The van der Waals surface area contributed by atoms with Crippen molar-refractivity contribution in [2.45, 2.75) is 26.1 Å². The monoisotopic (exact) mass is 394 g/mol. The molecule has 0 N–H and O–H groups in total. The van der Waals surface area contributed by atoms with Crippen molar-refractivity contribution in [1.29, 1.82) is 0 Å². The molecule has 148 valence electrons. The first-order valence-corrected chi connectivity index (χ1v) is 8.75. The lowest BCUT2D eigenvalue weighted by molar-refractivity contribution is -0.137. The van der Waals surface area contributed by atoms with Crippen molar-refractivity contribution < 1.29 is 32.0 Å². The Bertz CT molecular complexity index is 932. The van der Waals surface area contributed by atoms with E-state index in [1.807, 2.05) is 0 Å². The van der Waals surface area contributed by atoms with Crippen LogP contribution in [0.25, 0.3) is 11.3 Å². The van der Waals surface area contributed by atoms with Gasteiger partial charge >= 0.3 is 6.18 Å². The normalized spacial score (nSPS) is 17.1. The Morgan fingerprint density at radius 3 is 2.54 bits per heavy atom. The number of allylic oxidation sites excluding steroid dienone is 1. The minimum absolute atomic E-state index is 0.183. The molecule has 0 atom stereocenters. The molecule has 9 heteroatoms. The van der Waals surface area contributed by atoms with Crippen LogP contribution in [0.15, 0.2) is 40.3 Å². The van der Waals surface area contributed by atoms with E-state index in [1.54, 1.807) is 11.8 Å². The smallest absolute Gasteiger partial charge is 0.416 e. The topological polar surface area (TPSA) is 64.8 Å². The zero-order valence-electron chi connectivity index (χ0n) is 15.0. The molecule has 2 aliphatic heterocycles. The van der Waals surface area contributed by atoms with Gasteiger partial charge in [0.1, 0.15) is 30.4 Å². The van der Waals surface area contributed by atoms with Crippen LogP contribution in [0.5, 0.6) is 0 Å². The molecule has 0 radical (unpaired) electrons. The van der Waals surface area contributed by atoms with Crippen LogP contribution in [0.3, 0.4) is 0 Å². The van der Waals surface area contributed by atoms with Crippen LogP contribution in [0, 0.1) is 0 Å². The number of benzene rings is 1. The lowest BCUT2D eigenvalue weighted by Crippen LogP contribution is -2.38. The largest absolute Gasteiger partial charge is 0.491 e. The summed E-state index contributed by atoms with van der Waals surface area (Å²) in [7, 11) is 0. The summed E-state index contributed by atoms with van der Waals surface area (Å²) >= 11 is 0. The molecule has 2 aromatic rings. The Hall–Kier alpha value is -2.97. The van der Waals surface area contributed by atoms with Gasteiger partial charge in [-0.05, 0) is 19.1 Å². The van der Waals surface area contributed by atoms with E-state index in [2.05, 4.69) is 5.16 Å². The second-order valence-corrected chi connectivity index (χ2v) is 6.57. The second-order valence-electron chi connectivity index (χ2n) is 6.57. The van der Waals surface area contributed by atoms with E-state index in [-0.39, 0.29) is 18.2 Å². The standard InChI is InChI=1S/C19H17F3N2O4/c1-11-17(27-9-8-26-11)18(25)24-7-6-15-14(10-24)16(23-28-15)12-2-4-13(5-3-12)19(20,21)22/h2-5H,6-10H2,1H3. The molecule has 0 unspecified atom stereocenters. The first kappa shape index (κ1) is 18.4. The average molecular weight is 394 g/mol. The summed E-state index contributed by atoms with van der Waals surface area (Å²) in [5.74, 6) is 0.963. The van der Waals surface area contributed by atoms with Gasteiger partial charge in [-0.3, -0.25) is 4.79 Å². The van der Waals surface area contributed by atoms with E-state index in [0.717, 1.165) is 12.1 Å². The van der Waals surface area contributed by atoms with Gasteiger partial charge < -0.3 is 18.9 Å². The maximum Gasteiger partial charge on any atom is 0.416 e. The molecule has 0 fully saturated rings. The van der Waals surface area contributed by atoms with Crippen molar-refractivity contribution in [2.24, 2.45) is 0 Å². The summed E-state index contributed by atoms with van der Waals surface area (Å²) < 4.78 is 54.5. The third-order valence-corrected chi connectivity index (χ3v) is 4.76. The Morgan fingerprint density at radius 2 is 1.86 bits per heavy atom. The first-order valence-electron chi connectivity index (χ1n) is 8.75. The number of hydrogen-bond acceptors (Lipinski definition) is 5. The van der Waals surface area contributed by atoms with Crippen LogP contribution in [0.2, 0.25) is 0 Å². The Morgan fingerprint density at radius 1 is 1.14 bits per heavy atom. The Kier molecular flexibility index (Phi) is 4.52. The fraction of sp³-hybridized carbons (Fsp3) is 0.368. The van der Waals surface area contributed by atoms with Crippen LogP contribution >= 0.6 is 0 Å². The number of fused-ring (bicyclic) bond motifs is 1. The fourth-order valence-corrected chi connectivity index (χ4v) is 3.29. The predicted molar refractivity (Wildman–Crippen MR) is 90.7 cm³/mol. The van der Waals surface area contributed by atoms with Gasteiger partial charge in [0.25, 0.3) is 5.91 Å². The maximum absolute atomic E-state index is 12.8. The van der Waals surface area contributed by atoms with Gasteiger partial charge in [0.2, 0.25) is 5.76 Å². The highest BCUT2D eigenvalue weighted by Gasteiger charge is 2.33. The van der Waals surface area contributed by atoms with Gasteiger partial charge in [-0.2, -0.15) is 13.2 Å². The molecule has 1 amide bonds. The minimum Gasteiger partial charge on any atom is -0.491 e.